The van der Waals surface area contributed by atoms with Crippen molar-refractivity contribution in [2.24, 2.45) is 11.3 Å². The Morgan fingerprint density at radius 1 is 1.15 bits per heavy atom. The van der Waals surface area contributed by atoms with Crippen LogP contribution in [0.2, 0.25) is 0 Å². The van der Waals surface area contributed by atoms with Crippen LogP contribution < -0.4 is 0 Å². The maximum atomic E-state index is 13.3. The minimum atomic E-state index is -0.00882. The van der Waals surface area contributed by atoms with Crippen LogP contribution in [0.3, 0.4) is 0 Å². The van der Waals surface area contributed by atoms with Gasteiger partial charge in [-0.05, 0) is 81.4 Å². The van der Waals surface area contributed by atoms with Crippen molar-refractivity contribution in [1.29, 1.82) is 0 Å². The molecule has 1 amide bonds. The monoisotopic (exact) mass is 460 g/mol. The number of aryl methyl sites for hydroxylation is 2. The van der Waals surface area contributed by atoms with Crippen LogP contribution in [0.5, 0.6) is 0 Å². The number of benzene rings is 1. The van der Waals surface area contributed by atoms with Crippen molar-refractivity contribution in [2.45, 2.75) is 64.2 Å². The van der Waals surface area contributed by atoms with Gasteiger partial charge in [0.15, 0.2) is 5.78 Å². The number of nitrogens with zero attached hydrogens (tertiary/aromatic N) is 3. The summed E-state index contributed by atoms with van der Waals surface area (Å²) < 4.78 is 0. The van der Waals surface area contributed by atoms with E-state index >= 15 is 0 Å². The number of likely N-dealkylation sites (tertiary alicyclic amines) is 1. The summed E-state index contributed by atoms with van der Waals surface area (Å²) in [5.41, 5.74) is 4.77. The van der Waals surface area contributed by atoms with Crippen molar-refractivity contribution in [3.8, 4) is 0 Å². The van der Waals surface area contributed by atoms with Crippen LogP contribution in [0.1, 0.15) is 80.5 Å². The summed E-state index contributed by atoms with van der Waals surface area (Å²) in [6.07, 6.45) is 7.14. The normalized spacial score (nSPS) is 27.4. The van der Waals surface area contributed by atoms with Crippen LogP contribution in [-0.2, 0) is 11.8 Å². The molecular formula is C26H28N4O2S. The number of hydrogen-bond acceptors (Lipinski definition) is 5. The highest BCUT2D eigenvalue weighted by Gasteiger charge is 2.59. The number of amides is 1. The largest absolute Gasteiger partial charge is 0.339 e. The number of nitrogens with one attached hydrogen (secondary N) is 1. The fraction of sp³-hybridized carbons (Fsp3) is 0.538. The Hall–Kier alpha value is -2.54. The fourth-order valence-corrected chi connectivity index (χ4v) is 8.22. The van der Waals surface area contributed by atoms with Crippen LogP contribution in [0.4, 0.5) is 0 Å². The topological polar surface area (TPSA) is 79.0 Å². The summed E-state index contributed by atoms with van der Waals surface area (Å²) >= 11 is 1.81. The van der Waals surface area contributed by atoms with Gasteiger partial charge >= 0.3 is 0 Å². The third-order valence-corrected chi connectivity index (χ3v) is 10.2. The summed E-state index contributed by atoms with van der Waals surface area (Å²) in [7, 11) is 0. The molecule has 3 heterocycles. The van der Waals surface area contributed by atoms with Crippen LogP contribution in [0.15, 0.2) is 12.1 Å². The number of carbonyl (C=O) groups is 2. The molecule has 0 unspecified atom stereocenters. The van der Waals surface area contributed by atoms with Gasteiger partial charge in [-0.3, -0.25) is 14.7 Å². The van der Waals surface area contributed by atoms with Gasteiger partial charge in [0.1, 0.15) is 5.69 Å². The number of fused-ring (bicyclic) bond motifs is 2. The number of Topliss-reactive ketones (excluding diaryl/α,β-unsaturated/α-hetero) is 1. The molecular weight excluding hydrogens is 432 g/mol. The lowest BCUT2D eigenvalue weighted by molar-refractivity contribution is -0.0275. The summed E-state index contributed by atoms with van der Waals surface area (Å²) in [6, 6.07) is 3.93. The number of hydrogen-bond donors (Lipinski definition) is 1. The van der Waals surface area contributed by atoms with E-state index < -0.39 is 0 Å². The molecule has 0 atom stereocenters. The Morgan fingerprint density at radius 2 is 1.91 bits per heavy atom. The number of carbonyl (C=O) groups excluding carboxylic acids is 2. The molecule has 5 aliphatic rings. The quantitative estimate of drug-likeness (QED) is 0.599. The lowest BCUT2D eigenvalue weighted by Gasteiger charge is -2.60. The van der Waals surface area contributed by atoms with Gasteiger partial charge in [-0.2, -0.15) is 5.10 Å². The maximum absolute atomic E-state index is 13.3. The molecule has 2 bridgehead atoms. The number of aromatic amines is 1. The van der Waals surface area contributed by atoms with Crippen molar-refractivity contribution in [1.82, 2.24) is 20.1 Å². The van der Waals surface area contributed by atoms with Gasteiger partial charge in [0.2, 0.25) is 0 Å². The third-order valence-electron chi connectivity index (χ3n) is 8.94. The average molecular weight is 461 g/mol. The molecule has 7 heteroatoms. The van der Waals surface area contributed by atoms with Gasteiger partial charge in [0, 0.05) is 40.8 Å². The second kappa shape index (κ2) is 6.53. The summed E-state index contributed by atoms with van der Waals surface area (Å²) in [6.45, 7) is 5.40. The lowest BCUT2D eigenvalue weighted by Crippen LogP contribution is -2.55. The minimum Gasteiger partial charge on any atom is -0.339 e. The second-order valence-electron chi connectivity index (χ2n) is 11.1. The maximum Gasteiger partial charge on any atom is 0.253 e. The first-order valence-electron chi connectivity index (χ1n) is 12.1. The zero-order valence-electron chi connectivity index (χ0n) is 19.2. The van der Waals surface area contributed by atoms with Crippen molar-refractivity contribution in [3.05, 3.63) is 44.5 Å². The third kappa shape index (κ3) is 2.78. The van der Waals surface area contributed by atoms with E-state index in [1.807, 2.05) is 42.2 Å². The number of H-pyrrole nitrogens is 1. The first kappa shape index (κ1) is 19.9. The van der Waals surface area contributed by atoms with E-state index in [0.29, 0.717) is 24.9 Å². The van der Waals surface area contributed by atoms with Crippen LogP contribution in [0.25, 0.3) is 10.9 Å². The predicted molar refractivity (Wildman–Crippen MR) is 127 cm³/mol. The molecule has 1 N–H and O–H groups in total. The van der Waals surface area contributed by atoms with E-state index in [2.05, 4.69) is 10.2 Å². The molecule has 1 spiro atoms. The smallest absolute Gasteiger partial charge is 0.253 e. The molecule has 1 aromatic carbocycles. The number of aromatic nitrogens is 3. The Kier molecular flexibility index (Phi) is 3.93. The average Bonchev–Trinajstić information content (AvgIpc) is 3.30. The molecule has 4 fully saturated rings. The van der Waals surface area contributed by atoms with Gasteiger partial charge in [-0.1, -0.05) is 0 Å². The van der Waals surface area contributed by atoms with E-state index in [9.17, 15) is 9.59 Å². The molecule has 170 valence electrons. The summed E-state index contributed by atoms with van der Waals surface area (Å²) in [4.78, 5) is 34.5. The highest BCUT2D eigenvalue weighted by molar-refractivity contribution is 7.12. The molecule has 0 radical (unpaired) electrons. The number of rotatable bonds is 2. The number of piperidine rings is 1. The van der Waals surface area contributed by atoms with E-state index in [4.69, 9.17) is 4.98 Å². The van der Waals surface area contributed by atoms with Crippen molar-refractivity contribution in [3.63, 3.8) is 0 Å². The highest BCUT2D eigenvalue weighted by atomic mass is 32.1. The zero-order chi connectivity index (χ0) is 22.5. The Balaban J connectivity index is 1.10. The molecule has 4 aliphatic carbocycles. The molecule has 33 heavy (non-hydrogen) atoms. The van der Waals surface area contributed by atoms with E-state index in [1.165, 1.54) is 29.1 Å². The van der Waals surface area contributed by atoms with E-state index in [0.717, 1.165) is 58.6 Å². The second-order valence-corrected chi connectivity index (χ2v) is 12.2. The molecule has 1 saturated heterocycles. The van der Waals surface area contributed by atoms with Crippen LogP contribution in [-0.4, -0.2) is 44.9 Å². The molecule has 1 aliphatic heterocycles. The molecule has 3 aromatic rings. The summed E-state index contributed by atoms with van der Waals surface area (Å²) in [5.74, 6) is 1.22. The van der Waals surface area contributed by atoms with Crippen molar-refractivity contribution < 1.29 is 9.59 Å². The Labute approximate surface area is 196 Å². The predicted octanol–water partition coefficient (Wildman–Crippen LogP) is 4.74. The van der Waals surface area contributed by atoms with Crippen molar-refractivity contribution >= 4 is 33.9 Å². The minimum absolute atomic E-state index is 0.00882. The van der Waals surface area contributed by atoms with Gasteiger partial charge in [0.05, 0.1) is 16.2 Å². The Bertz CT molecular complexity index is 1330. The standard InChI is InChI=1S/C26H28N4O2S/c1-14-7-17(8-18-15(2)28-29-21(14)18)23(32)30-5-3-25(4-6-30)12-19(31)22-20(13-25)33-24(27-22)26-9-16(10-26)11-26/h7-8,16H,3-6,9-13H2,1-2H3,(H,28,29). The van der Waals surface area contributed by atoms with Crippen LogP contribution in [0, 0.1) is 25.2 Å². The fourth-order valence-electron chi connectivity index (χ4n) is 6.75. The van der Waals surface area contributed by atoms with E-state index in [1.54, 1.807) is 0 Å². The van der Waals surface area contributed by atoms with Gasteiger partial charge < -0.3 is 4.90 Å². The molecule has 2 aromatic heterocycles. The molecule has 8 rings (SSSR count). The van der Waals surface area contributed by atoms with Crippen LogP contribution >= 0.6 is 11.3 Å². The van der Waals surface area contributed by atoms with Crippen molar-refractivity contribution in [2.75, 3.05) is 13.1 Å². The molecule has 6 nitrogen and oxygen atoms in total. The SMILES string of the molecule is Cc1n[nH]c2c(C)cc(C(=O)N3CCC4(CC3)CC(=O)c3nc(C56CC(C5)C6)sc3C4)cc12. The van der Waals surface area contributed by atoms with Gasteiger partial charge in [0.25, 0.3) is 5.91 Å². The number of thiazole rings is 1. The lowest BCUT2D eigenvalue weighted by atomic mass is 9.45. The molecule has 3 saturated carbocycles. The first-order valence-corrected chi connectivity index (χ1v) is 12.9. The van der Waals surface area contributed by atoms with Gasteiger partial charge in [-0.25, -0.2) is 4.98 Å². The van der Waals surface area contributed by atoms with Gasteiger partial charge in [-0.15, -0.1) is 11.3 Å². The zero-order valence-corrected chi connectivity index (χ0v) is 20.0. The first-order chi connectivity index (χ1) is 15.8. The summed E-state index contributed by atoms with van der Waals surface area (Å²) in [5, 5.41) is 9.60. The highest BCUT2D eigenvalue weighted by Crippen LogP contribution is 2.66. The van der Waals surface area contributed by atoms with E-state index in [-0.39, 0.29) is 17.1 Å². The Morgan fingerprint density at radius 3 is 2.61 bits per heavy atom. The number of ketones is 1.